The van der Waals surface area contributed by atoms with Gasteiger partial charge in [-0.15, -0.1) is 0 Å². The van der Waals surface area contributed by atoms with Crippen LogP contribution in [0.3, 0.4) is 0 Å². The zero-order valence-corrected chi connectivity index (χ0v) is 20.9. The van der Waals surface area contributed by atoms with Crippen LogP contribution in [-0.4, -0.2) is 35.5 Å². The number of rotatable bonds is 8. The zero-order chi connectivity index (χ0) is 24.9. The summed E-state index contributed by atoms with van der Waals surface area (Å²) in [7, 11) is 1.49. The van der Waals surface area contributed by atoms with Crippen LogP contribution < -0.4 is 9.47 Å². The van der Waals surface area contributed by atoms with Crippen molar-refractivity contribution in [3.8, 4) is 11.5 Å². The average molecular weight is 556 g/mol. The average Bonchev–Trinajstić information content (AvgIpc) is 3.11. The van der Waals surface area contributed by atoms with Crippen LogP contribution in [0.5, 0.6) is 11.5 Å². The van der Waals surface area contributed by atoms with Crippen LogP contribution in [0.2, 0.25) is 0 Å². The summed E-state index contributed by atoms with van der Waals surface area (Å²) in [5.41, 5.74) is 1.83. The molecule has 2 amide bonds. The van der Waals surface area contributed by atoms with Crippen molar-refractivity contribution in [1.82, 2.24) is 4.90 Å². The molecule has 1 saturated heterocycles. The highest BCUT2D eigenvalue weighted by Gasteiger charge is 2.36. The first-order valence-electron chi connectivity index (χ1n) is 10.4. The Morgan fingerprint density at radius 3 is 2.43 bits per heavy atom. The Bertz CT molecular complexity index is 1310. The SMILES string of the molecule is COc1cc(/C=C2\SC(=O)N(CC(=O)c3ccc(Br)cc3)C2=O)ccc1OCc1ccc(F)cc1. The van der Waals surface area contributed by atoms with Crippen LogP contribution in [0, 0.1) is 5.82 Å². The fraction of sp³-hybridized carbons (Fsp3) is 0.115. The van der Waals surface area contributed by atoms with Gasteiger partial charge in [0.2, 0.25) is 0 Å². The van der Waals surface area contributed by atoms with Gasteiger partial charge in [0, 0.05) is 10.0 Å². The fourth-order valence-corrected chi connectivity index (χ4v) is 4.40. The maximum Gasteiger partial charge on any atom is 0.293 e. The van der Waals surface area contributed by atoms with Crippen LogP contribution >= 0.6 is 27.7 Å². The first kappa shape index (κ1) is 24.7. The summed E-state index contributed by atoms with van der Waals surface area (Å²) >= 11 is 4.09. The Labute approximate surface area is 213 Å². The molecule has 0 bridgehead atoms. The number of methoxy groups -OCH3 is 1. The van der Waals surface area contributed by atoms with Gasteiger partial charge >= 0.3 is 0 Å². The first-order chi connectivity index (χ1) is 16.8. The third kappa shape index (κ3) is 5.98. The lowest BCUT2D eigenvalue weighted by Gasteiger charge is -2.12. The highest BCUT2D eigenvalue weighted by molar-refractivity contribution is 9.10. The summed E-state index contributed by atoms with van der Waals surface area (Å²) in [6.07, 6.45) is 1.57. The minimum Gasteiger partial charge on any atom is -0.493 e. The van der Waals surface area contributed by atoms with Gasteiger partial charge in [-0.25, -0.2) is 4.39 Å². The smallest absolute Gasteiger partial charge is 0.293 e. The van der Waals surface area contributed by atoms with Gasteiger partial charge in [0.25, 0.3) is 11.1 Å². The molecule has 3 aromatic rings. The number of hydrogen-bond acceptors (Lipinski definition) is 6. The van der Waals surface area contributed by atoms with Gasteiger partial charge in [-0.05, 0) is 65.4 Å². The van der Waals surface area contributed by atoms with E-state index in [-0.39, 0.29) is 29.7 Å². The molecule has 3 aromatic carbocycles. The second-order valence-electron chi connectivity index (χ2n) is 7.52. The Morgan fingerprint density at radius 2 is 1.74 bits per heavy atom. The molecule has 178 valence electrons. The van der Waals surface area contributed by atoms with Gasteiger partial charge in [-0.2, -0.15) is 0 Å². The van der Waals surface area contributed by atoms with E-state index >= 15 is 0 Å². The van der Waals surface area contributed by atoms with Gasteiger partial charge in [0.15, 0.2) is 17.3 Å². The molecule has 1 fully saturated rings. The Balaban J connectivity index is 1.46. The van der Waals surface area contributed by atoms with Crippen molar-refractivity contribution in [2.75, 3.05) is 13.7 Å². The number of benzene rings is 3. The molecule has 0 N–H and O–H groups in total. The highest BCUT2D eigenvalue weighted by atomic mass is 79.9. The van der Waals surface area contributed by atoms with Crippen LogP contribution in [0.25, 0.3) is 6.08 Å². The molecule has 35 heavy (non-hydrogen) atoms. The van der Waals surface area contributed by atoms with E-state index in [0.717, 1.165) is 26.7 Å². The molecule has 4 rings (SSSR count). The number of amides is 2. The van der Waals surface area contributed by atoms with Crippen molar-refractivity contribution in [3.05, 3.63) is 98.6 Å². The van der Waals surface area contributed by atoms with Crippen LogP contribution in [-0.2, 0) is 11.4 Å². The van der Waals surface area contributed by atoms with E-state index in [0.29, 0.717) is 22.6 Å². The number of hydrogen-bond donors (Lipinski definition) is 0. The number of Topliss-reactive ketones (excluding diaryl/α,β-unsaturated/α-hetero) is 1. The van der Waals surface area contributed by atoms with Gasteiger partial charge in [-0.3, -0.25) is 19.3 Å². The molecule has 0 aliphatic carbocycles. The van der Waals surface area contributed by atoms with Crippen LogP contribution in [0.4, 0.5) is 9.18 Å². The Hall–Kier alpha value is -3.43. The van der Waals surface area contributed by atoms with E-state index in [9.17, 15) is 18.8 Å². The monoisotopic (exact) mass is 555 g/mol. The maximum atomic E-state index is 13.1. The lowest BCUT2D eigenvalue weighted by Crippen LogP contribution is -2.33. The molecule has 1 heterocycles. The van der Waals surface area contributed by atoms with Gasteiger partial charge in [0.1, 0.15) is 12.4 Å². The fourth-order valence-electron chi connectivity index (χ4n) is 3.29. The summed E-state index contributed by atoms with van der Waals surface area (Å²) in [5, 5.41) is -0.502. The summed E-state index contributed by atoms with van der Waals surface area (Å²) in [5.74, 6) is -0.267. The second-order valence-corrected chi connectivity index (χ2v) is 9.43. The van der Waals surface area contributed by atoms with E-state index in [1.54, 1.807) is 60.7 Å². The van der Waals surface area contributed by atoms with Crippen molar-refractivity contribution in [3.63, 3.8) is 0 Å². The molecule has 9 heteroatoms. The standard InChI is InChI=1S/C26H19BrFNO5S/c1-33-23-12-17(4-11-22(23)34-15-16-2-9-20(28)10-3-16)13-24-25(31)29(26(32)35-24)14-21(30)18-5-7-19(27)8-6-18/h2-13H,14-15H2,1H3/b24-13-. The molecule has 0 radical (unpaired) electrons. The number of ketones is 1. The molecule has 0 saturated carbocycles. The van der Waals surface area contributed by atoms with Crippen molar-refractivity contribution in [1.29, 1.82) is 0 Å². The minimum atomic E-state index is -0.527. The third-order valence-corrected chi connectivity index (χ3v) is 6.57. The van der Waals surface area contributed by atoms with E-state index in [1.165, 1.54) is 19.2 Å². The number of imide groups is 1. The summed E-state index contributed by atoms with van der Waals surface area (Å²) in [6, 6.07) is 17.8. The van der Waals surface area contributed by atoms with E-state index in [4.69, 9.17) is 9.47 Å². The topological polar surface area (TPSA) is 72.9 Å². The van der Waals surface area contributed by atoms with E-state index < -0.39 is 11.1 Å². The van der Waals surface area contributed by atoms with Crippen molar-refractivity contribution in [2.45, 2.75) is 6.61 Å². The van der Waals surface area contributed by atoms with Crippen LogP contribution in [0.1, 0.15) is 21.5 Å². The minimum absolute atomic E-state index is 0.209. The van der Waals surface area contributed by atoms with Gasteiger partial charge in [-0.1, -0.05) is 46.3 Å². The molecule has 1 aliphatic heterocycles. The number of carbonyl (C=O) groups excluding carboxylic acids is 3. The van der Waals surface area contributed by atoms with Gasteiger partial charge in [0.05, 0.1) is 18.6 Å². The maximum absolute atomic E-state index is 13.1. The zero-order valence-electron chi connectivity index (χ0n) is 18.5. The van der Waals surface area contributed by atoms with E-state index in [2.05, 4.69) is 15.9 Å². The quantitative estimate of drug-likeness (QED) is 0.247. The number of carbonyl (C=O) groups is 3. The Morgan fingerprint density at radius 1 is 1.03 bits per heavy atom. The lowest BCUT2D eigenvalue weighted by atomic mass is 10.1. The number of nitrogens with zero attached hydrogens (tertiary/aromatic N) is 1. The molecule has 0 unspecified atom stereocenters. The van der Waals surface area contributed by atoms with Gasteiger partial charge < -0.3 is 9.47 Å². The lowest BCUT2D eigenvalue weighted by molar-refractivity contribution is -0.122. The highest BCUT2D eigenvalue weighted by Crippen LogP contribution is 2.35. The third-order valence-electron chi connectivity index (χ3n) is 5.13. The normalized spacial score (nSPS) is 14.5. The predicted octanol–water partition coefficient (Wildman–Crippen LogP) is 6.10. The second kappa shape index (κ2) is 10.9. The number of thioether (sulfide) groups is 1. The largest absolute Gasteiger partial charge is 0.493 e. The molecule has 6 nitrogen and oxygen atoms in total. The molecule has 0 aromatic heterocycles. The van der Waals surface area contributed by atoms with E-state index in [1.807, 2.05) is 0 Å². The Kier molecular flexibility index (Phi) is 7.67. The molecule has 0 spiro atoms. The summed E-state index contributed by atoms with van der Waals surface area (Å²) in [6.45, 7) is -0.107. The van der Waals surface area contributed by atoms with Crippen molar-refractivity contribution >= 4 is 50.7 Å². The molecular formula is C26H19BrFNO5S. The molecular weight excluding hydrogens is 537 g/mol. The molecule has 1 aliphatic rings. The van der Waals surface area contributed by atoms with Crippen LogP contribution in [0.15, 0.2) is 76.1 Å². The number of ether oxygens (including phenoxy) is 2. The summed E-state index contributed by atoms with van der Waals surface area (Å²) < 4.78 is 25.1. The van der Waals surface area contributed by atoms with Crippen molar-refractivity contribution < 1.29 is 28.2 Å². The predicted molar refractivity (Wildman–Crippen MR) is 135 cm³/mol. The van der Waals surface area contributed by atoms with Crippen molar-refractivity contribution in [2.24, 2.45) is 0 Å². The first-order valence-corrected chi connectivity index (χ1v) is 12.0. The summed E-state index contributed by atoms with van der Waals surface area (Å²) in [4.78, 5) is 38.9. The molecule has 0 atom stereocenters. The number of halogens is 2.